The highest BCUT2D eigenvalue weighted by atomic mass is 16.7. The highest BCUT2D eigenvalue weighted by molar-refractivity contribution is 5.96. The molecule has 1 amide bonds. The van der Waals surface area contributed by atoms with Gasteiger partial charge in [-0.3, -0.25) is 4.79 Å². The Labute approximate surface area is 146 Å². The van der Waals surface area contributed by atoms with Crippen molar-refractivity contribution in [3.8, 4) is 17.2 Å². The summed E-state index contributed by atoms with van der Waals surface area (Å²) in [6, 6.07) is 12.4. The van der Waals surface area contributed by atoms with E-state index in [0.717, 1.165) is 5.56 Å². The zero-order valence-corrected chi connectivity index (χ0v) is 14.0. The van der Waals surface area contributed by atoms with Crippen LogP contribution >= 0.6 is 0 Å². The molecule has 1 aliphatic heterocycles. The standard InChI is InChI=1S/C19H21NO5/c1-2-23-16-6-4-3-5-14(16)19(22)20-10-9-15(21)13-7-8-17-18(11-13)25-12-24-17/h3-8,11,15,21H,2,9-10,12H2,1H3,(H,20,22)/t15-/m0/s1. The SMILES string of the molecule is CCOc1ccccc1C(=O)NCC[C@H](O)c1ccc2c(c1)OCO2. The van der Waals surface area contributed by atoms with Crippen molar-refractivity contribution >= 4 is 5.91 Å². The van der Waals surface area contributed by atoms with Gasteiger partial charge in [0.25, 0.3) is 5.91 Å². The summed E-state index contributed by atoms with van der Waals surface area (Å²) in [5, 5.41) is 13.1. The fourth-order valence-electron chi connectivity index (χ4n) is 2.64. The fraction of sp³-hybridized carbons (Fsp3) is 0.316. The Morgan fingerprint density at radius 2 is 2.04 bits per heavy atom. The van der Waals surface area contributed by atoms with Crippen LogP contribution in [0.4, 0.5) is 0 Å². The van der Waals surface area contributed by atoms with Gasteiger partial charge in [-0.15, -0.1) is 0 Å². The predicted molar refractivity (Wildman–Crippen MR) is 92.1 cm³/mol. The molecule has 2 N–H and O–H groups in total. The lowest BCUT2D eigenvalue weighted by molar-refractivity contribution is 0.0939. The monoisotopic (exact) mass is 343 g/mol. The van der Waals surface area contributed by atoms with Crippen molar-refractivity contribution in [2.75, 3.05) is 19.9 Å². The summed E-state index contributed by atoms with van der Waals surface area (Å²) in [6.07, 6.45) is -0.306. The zero-order chi connectivity index (χ0) is 17.6. The molecular weight excluding hydrogens is 322 g/mol. The molecule has 0 saturated carbocycles. The third-order valence-corrected chi connectivity index (χ3v) is 3.92. The Morgan fingerprint density at radius 3 is 2.88 bits per heavy atom. The van der Waals surface area contributed by atoms with Crippen molar-refractivity contribution < 1.29 is 24.1 Å². The smallest absolute Gasteiger partial charge is 0.255 e. The molecule has 0 spiro atoms. The van der Waals surface area contributed by atoms with Crippen molar-refractivity contribution in [3.63, 3.8) is 0 Å². The van der Waals surface area contributed by atoms with Gasteiger partial charge in [0.1, 0.15) is 5.75 Å². The van der Waals surface area contributed by atoms with Crippen molar-refractivity contribution in [2.45, 2.75) is 19.4 Å². The quantitative estimate of drug-likeness (QED) is 0.808. The number of hydrogen-bond acceptors (Lipinski definition) is 5. The van der Waals surface area contributed by atoms with Crippen LogP contribution in [-0.2, 0) is 0 Å². The molecule has 2 aromatic carbocycles. The van der Waals surface area contributed by atoms with Crippen LogP contribution in [0.25, 0.3) is 0 Å². The number of ether oxygens (including phenoxy) is 3. The van der Waals surface area contributed by atoms with Crippen molar-refractivity contribution in [3.05, 3.63) is 53.6 Å². The number of fused-ring (bicyclic) bond motifs is 1. The van der Waals surface area contributed by atoms with Gasteiger partial charge in [0.2, 0.25) is 6.79 Å². The lowest BCUT2D eigenvalue weighted by atomic mass is 10.1. The molecule has 1 heterocycles. The second-order valence-electron chi connectivity index (χ2n) is 5.60. The Morgan fingerprint density at radius 1 is 1.24 bits per heavy atom. The van der Waals surface area contributed by atoms with Gasteiger partial charge >= 0.3 is 0 Å². The molecule has 1 aliphatic rings. The number of carbonyl (C=O) groups excluding carboxylic acids is 1. The minimum absolute atomic E-state index is 0.199. The summed E-state index contributed by atoms with van der Waals surface area (Å²) in [4.78, 5) is 12.3. The van der Waals surface area contributed by atoms with Crippen LogP contribution < -0.4 is 19.5 Å². The molecule has 6 heteroatoms. The number of benzene rings is 2. The first kappa shape index (κ1) is 17.1. The molecule has 0 bridgehead atoms. The van der Waals surface area contributed by atoms with Gasteiger partial charge in [-0.2, -0.15) is 0 Å². The Kier molecular flexibility index (Phi) is 5.40. The van der Waals surface area contributed by atoms with E-state index < -0.39 is 6.10 Å². The number of nitrogens with one attached hydrogen (secondary N) is 1. The highest BCUT2D eigenvalue weighted by Crippen LogP contribution is 2.34. The van der Waals surface area contributed by atoms with Gasteiger partial charge in [-0.25, -0.2) is 0 Å². The summed E-state index contributed by atoms with van der Waals surface area (Å²) in [5.74, 6) is 1.64. The lowest BCUT2D eigenvalue weighted by Gasteiger charge is -2.13. The molecule has 132 valence electrons. The zero-order valence-electron chi connectivity index (χ0n) is 14.0. The number of carbonyl (C=O) groups is 1. The maximum Gasteiger partial charge on any atom is 0.255 e. The number of para-hydroxylation sites is 1. The largest absolute Gasteiger partial charge is 0.493 e. The minimum atomic E-state index is -0.697. The summed E-state index contributed by atoms with van der Waals surface area (Å²) in [5.41, 5.74) is 1.22. The molecule has 3 rings (SSSR count). The molecule has 2 aromatic rings. The molecule has 0 fully saturated rings. The number of aliphatic hydroxyl groups is 1. The average Bonchev–Trinajstić information content (AvgIpc) is 3.10. The van der Waals surface area contributed by atoms with Crippen LogP contribution in [0.5, 0.6) is 17.2 Å². The van der Waals surface area contributed by atoms with Crippen LogP contribution in [0.15, 0.2) is 42.5 Å². The minimum Gasteiger partial charge on any atom is -0.493 e. The second kappa shape index (κ2) is 7.90. The third kappa shape index (κ3) is 4.03. The van der Waals surface area contributed by atoms with Crippen molar-refractivity contribution in [1.29, 1.82) is 0 Å². The highest BCUT2D eigenvalue weighted by Gasteiger charge is 2.17. The van der Waals surface area contributed by atoms with E-state index in [4.69, 9.17) is 14.2 Å². The number of hydrogen-bond donors (Lipinski definition) is 2. The summed E-state index contributed by atoms with van der Waals surface area (Å²) in [7, 11) is 0. The van der Waals surface area contributed by atoms with Gasteiger partial charge in [-0.1, -0.05) is 18.2 Å². The molecule has 25 heavy (non-hydrogen) atoms. The van der Waals surface area contributed by atoms with Gasteiger partial charge < -0.3 is 24.6 Å². The lowest BCUT2D eigenvalue weighted by Crippen LogP contribution is -2.26. The molecule has 0 aromatic heterocycles. The van der Waals surface area contributed by atoms with E-state index in [-0.39, 0.29) is 12.7 Å². The van der Waals surface area contributed by atoms with Crippen LogP contribution in [0.3, 0.4) is 0 Å². The molecule has 6 nitrogen and oxygen atoms in total. The topological polar surface area (TPSA) is 77.0 Å². The first-order chi connectivity index (χ1) is 12.2. The first-order valence-electron chi connectivity index (χ1n) is 8.26. The third-order valence-electron chi connectivity index (χ3n) is 3.92. The van der Waals surface area contributed by atoms with Crippen LogP contribution in [0.1, 0.15) is 35.4 Å². The molecule has 0 radical (unpaired) electrons. The Hall–Kier alpha value is -2.73. The Balaban J connectivity index is 1.55. The molecule has 1 atom stereocenters. The first-order valence-corrected chi connectivity index (χ1v) is 8.26. The normalized spacial score (nSPS) is 13.4. The van der Waals surface area contributed by atoms with Gasteiger partial charge in [-0.05, 0) is 43.2 Å². The van der Waals surface area contributed by atoms with Crippen LogP contribution in [0.2, 0.25) is 0 Å². The average molecular weight is 343 g/mol. The predicted octanol–water partition coefficient (Wildman–Crippen LogP) is 2.67. The van der Waals surface area contributed by atoms with Gasteiger partial charge in [0, 0.05) is 6.54 Å². The molecule has 0 unspecified atom stereocenters. The fourth-order valence-corrected chi connectivity index (χ4v) is 2.64. The summed E-state index contributed by atoms with van der Waals surface area (Å²) >= 11 is 0. The second-order valence-corrected chi connectivity index (χ2v) is 5.60. The van der Waals surface area contributed by atoms with Crippen LogP contribution in [-0.4, -0.2) is 31.0 Å². The van der Waals surface area contributed by atoms with E-state index in [2.05, 4.69) is 5.32 Å². The summed E-state index contributed by atoms with van der Waals surface area (Å²) in [6.45, 7) is 2.91. The van der Waals surface area contributed by atoms with E-state index >= 15 is 0 Å². The maximum absolute atomic E-state index is 12.3. The molecule has 0 saturated heterocycles. The van der Waals surface area contributed by atoms with Gasteiger partial charge in [0.15, 0.2) is 11.5 Å². The van der Waals surface area contributed by atoms with E-state index in [9.17, 15) is 9.90 Å². The van der Waals surface area contributed by atoms with E-state index in [1.807, 2.05) is 13.0 Å². The van der Waals surface area contributed by atoms with E-state index in [0.29, 0.717) is 42.4 Å². The van der Waals surface area contributed by atoms with Crippen molar-refractivity contribution in [2.24, 2.45) is 0 Å². The Bertz CT molecular complexity index is 746. The van der Waals surface area contributed by atoms with Crippen molar-refractivity contribution in [1.82, 2.24) is 5.32 Å². The molecular formula is C19H21NO5. The summed E-state index contributed by atoms with van der Waals surface area (Å²) < 4.78 is 16.0. The van der Waals surface area contributed by atoms with Crippen LogP contribution in [0, 0.1) is 0 Å². The molecule has 0 aliphatic carbocycles. The number of rotatable bonds is 7. The van der Waals surface area contributed by atoms with E-state index in [1.165, 1.54) is 0 Å². The van der Waals surface area contributed by atoms with E-state index in [1.54, 1.807) is 36.4 Å². The number of aliphatic hydroxyl groups excluding tert-OH is 1. The van der Waals surface area contributed by atoms with Gasteiger partial charge in [0.05, 0.1) is 18.3 Å². The maximum atomic E-state index is 12.3. The number of amides is 1.